The van der Waals surface area contributed by atoms with Crippen LogP contribution < -0.4 is 10.1 Å². The molecule has 1 heterocycles. The molecule has 0 unspecified atom stereocenters. The summed E-state index contributed by atoms with van der Waals surface area (Å²) in [4.78, 5) is 16.1. The van der Waals surface area contributed by atoms with Gasteiger partial charge in [0, 0.05) is 29.1 Å². The molecule has 0 spiro atoms. The van der Waals surface area contributed by atoms with Crippen LogP contribution in [0.4, 0.5) is 0 Å². The van der Waals surface area contributed by atoms with Crippen LogP contribution in [0.3, 0.4) is 0 Å². The molecule has 3 N–H and O–H groups in total. The summed E-state index contributed by atoms with van der Waals surface area (Å²) >= 11 is 0. The van der Waals surface area contributed by atoms with E-state index in [4.69, 9.17) is 4.74 Å². The Balaban J connectivity index is 1.52. The van der Waals surface area contributed by atoms with E-state index < -0.39 is 0 Å². The quantitative estimate of drug-likeness (QED) is 0.589. The first-order chi connectivity index (χ1) is 14.1. The number of ether oxygens (including phenoxy) is 1. The molecule has 1 amide bonds. The molecule has 5 heteroatoms. The van der Waals surface area contributed by atoms with E-state index in [9.17, 15) is 9.90 Å². The van der Waals surface area contributed by atoms with Crippen molar-refractivity contribution in [3.8, 4) is 17.0 Å². The Hall–Kier alpha value is -2.79. The van der Waals surface area contributed by atoms with Crippen molar-refractivity contribution in [3.05, 3.63) is 54.1 Å². The number of nitrogens with one attached hydrogen (secondary N) is 2. The second kappa shape index (κ2) is 8.70. The fourth-order valence-electron chi connectivity index (χ4n) is 4.22. The average molecular weight is 392 g/mol. The number of aromatic amines is 1. The van der Waals surface area contributed by atoms with Crippen LogP contribution in [0.15, 0.2) is 48.5 Å². The molecular formula is C24H28N2O3. The predicted molar refractivity (Wildman–Crippen MR) is 115 cm³/mol. The van der Waals surface area contributed by atoms with Gasteiger partial charge in [0.25, 0.3) is 0 Å². The SMILES string of the molecule is COc1ccc(-c2[nH]c3ccccc3c2CCC(=O)NC2CCC(O)CC2)cc1. The summed E-state index contributed by atoms with van der Waals surface area (Å²) in [6, 6.07) is 16.4. The van der Waals surface area contributed by atoms with Crippen molar-refractivity contribution in [2.24, 2.45) is 0 Å². The van der Waals surface area contributed by atoms with E-state index in [1.165, 1.54) is 5.56 Å². The molecule has 5 nitrogen and oxygen atoms in total. The average Bonchev–Trinajstić information content (AvgIpc) is 3.12. The lowest BCUT2D eigenvalue weighted by molar-refractivity contribution is -0.122. The van der Waals surface area contributed by atoms with Gasteiger partial charge in [0.1, 0.15) is 5.75 Å². The summed E-state index contributed by atoms with van der Waals surface area (Å²) in [5.41, 5.74) is 4.39. The van der Waals surface area contributed by atoms with Crippen molar-refractivity contribution >= 4 is 16.8 Å². The lowest BCUT2D eigenvalue weighted by Gasteiger charge is -2.26. The number of hydrogen-bond donors (Lipinski definition) is 3. The van der Waals surface area contributed by atoms with Gasteiger partial charge in [-0.25, -0.2) is 0 Å². The lowest BCUT2D eigenvalue weighted by Crippen LogP contribution is -2.38. The summed E-state index contributed by atoms with van der Waals surface area (Å²) in [6.45, 7) is 0. The predicted octanol–water partition coefficient (Wildman–Crippen LogP) is 4.20. The van der Waals surface area contributed by atoms with Crippen molar-refractivity contribution in [2.75, 3.05) is 7.11 Å². The molecule has 1 aliphatic carbocycles. The summed E-state index contributed by atoms with van der Waals surface area (Å²) < 4.78 is 5.27. The molecule has 1 aliphatic rings. The Morgan fingerprint density at radius 3 is 2.55 bits per heavy atom. The van der Waals surface area contributed by atoms with Gasteiger partial charge < -0.3 is 20.1 Å². The maximum atomic E-state index is 12.6. The maximum absolute atomic E-state index is 12.6. The third-order valence-electron chi connectivity index (χ3n) is 5.86. The van der Waals surface area contributed by atoms with E-state index in [-0.39, 0.29) is 18.1 Å². The van der Waals surface area contributed by atoms with E-state index in [1.54, 1.807) is 7.11 Å². The third kappa shape index (κ3) is 4.46. The zero-order chi connectivity index (χ0) is 20.2. The van der Waals surface area contributed by atoms with E-state index >= 15 is 0 Å². The van der Waals surface area contributed by atoms with Crippen LogP contribution in [0.1, 0.15) is 37.7 Å². The Morgan fingerprint density at radius 2 is 1.83 bits per heavy atom. The highest BCUT2D eigenvalue weighted by Gasteiger charge is 2.21. The van der Waals surface area contributed by atoms with E-state index in [1.807, 2.05) is 36.4 Å². The lowest BCUT2D eigenvalue weighted by atomic mass is 9.93. The molecule has 1 fully saturated rings. The fraction of sp³-hybridized carbons (Fsp3) is 0.375. The van der Waals surface area contributed by atoms with Crippen LogP contribution in [0.2, 0.25) is 0 Å². The second-order valence-corrected chi connectivity index (χ2v) is 7.83. The van der Waals surface area contributed by atoms with Crippen LogP contribution in [-0.4, -0.2) is 35.3 Å². The van der Waals surface area contributed by atoms with Crippen molar-refractivity contribution in [2.45, 2.75) is 50.7 Å². The largest absolute Gasteiger partial charge is 0.497 e. The van der Waals surface area contributed by atoms with Gasteiger partial charge in [-0.3, -0.25) is 4.79 Å². The molecular weight excluding hydrogens is 364 g/mol. The zero-order valence-electron chi connectivity index (χ0n) is 16.8. The van der Waals surface area contributed by atoms with Crippen molar-refractivity contribution in [1.82, 2.24) is 10.3 Å². The molecule has 0 radical (unpaired) electrons. The minimum Gasteiger partial charge on any atom is -0.497 e. The Labute approximate surface area is 171 Å². The number of aliphatic hydroxyl groups is 1. The number of aliphatic hydroxyl groups excluding tert-OH is 1. The van der Waals surface area contributed by atoms with Gasteiger partial charge in [0.2, 0.25) is 5.91 Å². The first-order valence-electron chi connectivity index (χ1n) is 10.4. The topological polar surface area (TPSA) is 74.4 Å². The number of fused-ring (bicyclic) bond motifs is 1. The van der Waals surface area contributed by atoms with Crippen LogP contribution in [0.25, 0.3) is 22.2 Å². The monoisotopic (exact) mass is 392 g/mol. The molecule has 152 valence electrons. The van der Waals surface area contributed by atoms with E-state index in [0.29, 0.717) is 12.8 Å². The van der Waals surface area contributed by atoms with Gasteiger partial charge in [-0.15, -0.1) is 0 Å². The first-order valence-corrected chi connectivity index (χ1v) is 10.4. The Bertz CT molecular complexity index is 969. The molecule has 0 bridgehead atoms. The van der Waals surface area contributed by atoms with E-state index in [0.717, 1.165) is 53.6 Å². The normalized spacial score (nSPS) is 19.2. The minimum absolute atomic E-state index is 0.0809. The van der Waals surface area contributed by atoms with Crippen LogP contribution in [0, 0.1) is 0 Å². The molecule has 1 saturated carbocycles. The highest BCUT2D eigenvalue weighted by atomic mass is 16.5. The Kier molecular flexibility index (Phi) is 5.86. The molecule has 1 aromatic heterocycles. The van der Waals surface area contributed by atoms with Crippen molar-refractivity contribution in [3.63, 3.8) is 0 Å². The van der Waals surface area contributed by atoms with Gasteiger partial charge >= 0.3 is 0 Å². The zero-order valence-corrected chi connectivity index (χ0v) is 16.8. The summed E-state index contributed by atoms with van der Waals surface area (Å²) in [5, 5.41) is 13.9. The highest BCUT2D eigenvalue weighted by Crippen LogP contribution is 2.32. The van der Waals surface area contributed by atoms with E-state index in [2.05, 4.69) is 22.4 Å². The number of carbonyl (C=O) groups excluding carboxylic acids is 1. The molecule has 0 saturated heterocycles. The summed E-state index contributed by atoms with van der Waals surface area (Å²) in [6.07, 6.45) is 4.18. The number of aromatic nitrogens is 1. The number of carbonyl (C=O) groups is 1. The molecule has 4 rings (SSSR count). The van der Waals surface area contributed by atoms with Gasteiger partial charge in [-0.1, -0.05) is 18.2 Å². The van der Waals surface area contributed by atoms with Gasteiger partial charge in [-0.05, 0) is 73.6 Å². The molecule has 0 atom stereocenters. The maximum Gasteiger partial charge on any atom is 0.220 e. The summed E-state index contributed by atoms with van der Waals surface area (Å²) in [5.74, 6) is 0.903. The highest BCUT2D eigenvalue weighted by molar-refractivity contribution is 5.91. The number of para-hydroxylation sites is 1. The van der Waals surface area contributed by atoms with Crippen molar-refractivity contribution in [1.29, 1.82) is 0 Å². The van der Waals surface area contributed by atoms with Gasteiger partial charge in [-0.2, -0.15) is 0 Å². The molecule has 0 aliphatic heterocycles. The number of benzene rings is 2. The number of amides is 1. The molecule has 3 aromatic rings. The smallest absolute Gasteiger partial charge is 0.220 e. The van der Waals surface area contributed by atoms with Gasteiger partial charge in [0.15, 0.2) is 0 Å². The second-order valence-electron chi connectivity index (χ2n) is 7.83. The van der Waals surface area contributed by atoms with Crippen LogP contribution >= 0.6 is 0 Å². The summed E-state index contributed by atoms with van der Waals surface area (Å²) in [7, 11) is 1.66. The molecule has 29 heavy (non-hydrogen) atoms. The van der Waals surface area contributed by atoms with Crippen LogP contribution in [0.5, 0.6) is 5.75 Å². The minimum atomic E-state index is -0.207. The number of methoxy groups -OCH3 is 1. The number of aryl methyl sites for hydroxylation is 1. The Morgan fingerprint density at radius 1 is 1.10 bits per heavy atom. The standard InChI is InChI=1S/C24H28N2O3/c1-29-19-12-6-16(7-13-19)24-21(20-4-2-3-5-22(20)26-24)14-15-23(28)25-17-8-10-18(27)11-9-17/h2-7,12-13,17-18,26-27H,8-11,14-15H2,1H3,(H,25,28). The number of H-pyrrole nitrogens is 1. The van der Waals surface area contributed by atoms with Crippen molar-refractivity contribution < 1.29 is 14.6 Å². The number of rotatable bonds is 6. The van der Waals surface area contributed by atoms with Gasteiger partial charge in [0.05, 0.1) is 13.2 Å². The third-order valence-corrected chi connectivity index (χ3v) is 5.86. The fourth-order valence-corrected chi connectivity index (χ4v) is 4.22. The molecule has 2 aromatic carbocycles. The first kappa shape index (κ1) is 19.5. The van der Waals surface area contributed by atoms with Crippen LogP contribution in [-0.2, 0) is 11.2 Å². The number of hydrogen-bond acceptors (Lipinski definition) is 3.